The van der Waals surface area contributed by atoms with Gasteiger partial charge in [0.1, 0.15) is 17.3 Å². The number of alkyl halides is 3. The summed E-state index contributed by atoms with van der Waals surface area (Å²) in [5.41, 5.74) is -1.04. The summed E-state index contributed by atoms with van der Waals surface area (Å²) >= 11 is 0. The number of carbonyl (C=O) groups is 2. The lowest BCUT2D eigenvalue weighted by atomic mass is 9.64. The van der Waals surface area contributed by atoms with Crippen LogP contribution in [0, 0.1) is 24.1 Å². The highest BCUT2D eigenvalue weighted by atomic mass is 32.2. The summed E-state index contributed by atoms with van der Waals surface area (Å²) in [4.78, 5) is 27.1. The first-order chi connectivity index (χ1) is 19.5. The van der Waals surface area contributed by atoms with E-state index in [9.17, 15) is 35.6 Å². The van der Waals surface area contributed by atoms with E-state index < -0.39 is 57.1 Å². The molecule has 0 saturated heterocycles. The number of primary sulfonamides is 1. The minimum Gasteiger partial charge on any atom is -0.484 e. The van der Waals surface area contributed by atoms with Crippen molar-refractivity contribution in [1.29, 1.82) is 0 Å². The molecule has 0 radical (unpaired) electrons. The Kier molecular flexibility index (Phi) is 7.24. The van der Waals surface area contributed by atoms with Gasteiger partial charge in [0, 0.05) is 18.4 Å². The number of sulfonamides is 1. The molecule has 2 unspecified atom stereocenters. The highest BCUT2D eigenvalue weighted by molar-refractivity contribution is 7.89. The zero-order chi connectivity index (χ0) is 30.7. The standard InChI is InChI=1S/C27H29F4N5O5S/c1-15-3-4-17(12-19(15)28)36-22(24(38)33-9-10-42(32,39)40)21-20(35-36)13-26(34-23(21)37)8-5-16-11-18(6-7-25(16,26)2)41-14-27(29,30)31/h3-4,6-7,11-12,16H,5,8-10,13-14H2,1-2H3,(H,33,38)(H,34,37)(H2,32,39,40)/t16?,25?,26-/m0/s1. The van der Waals surface area contributed by atoms with Crippen LogP contribution < -0.4 is 15.8 Å². The van der Waals surface area contributed by atoms with Crippen molar-refractivity contribution in [2.75, 3.05) is 18.9 Å². The number of ether oxygens (including phenoxy) is 1. The van der Waals surface area contributed by atoms with E-state index in [0.29, 0.717) is 18.4 Å². The maximum Gasteiger partial charge on any atom is 0.422 e. The second-order valence-electron chi connectivity index (χ2n) is 11.1. The van der Waals surface area contributed by atoms with E-state index in [-0.39, 0.29) is 47.3 Å². The molecule has 1 fully saturated rings. The molecule has 2 heterocycles. The van der Waals surface area contributed by atoms with Crippen molar-refractivity contribution >= 4 is 21.8 Å². The molecule has 2 aliphatic carbocycles. The van der Waals surface area contributed by atoms with Crippen LogP contribution in [0.4, 0.5) is 17.6 Å². The lowest BCUT2D eigenvalue weighted by Crippen LogP contribution is -2.61. The number of fused-ring (bicyclic) bond motifs is 3. The number of halogens is 4. The average Bonchev–Trinajstić information content (AvgIpc) is 3.39. The molecule has 1 spiro atoms. The predicted octanol–water partition coefficient (Wildman–Crippen LogP) is 2.81. The van der Waals surface area contributed by atoms with Gasteiger partial charge in [0.2, 0.25) is 10.0 Å². The summed E-state index contributed by atoms with van der Waals surface area (Å²) in [6.45, 7) is 1.71. The van der Waals surface area contributed by atoms with Gasteiger partial charge < -0.3 is 15.4 Å². The van der Waals surface area contributed by atoms with E-state index in [1.165, 1.54) is 24.3 Å². The number of nitrogens with zero attached hydrogens (tertiary/aromatic N) is 2. The van der Waals surface area contributed by atoms with E-state index >= 15 is 0 Å². The quantitative estimate of drug-likeness (QED) is 0.411. The van der Waals surface area contributed by atoms with Gasteiger partial charge in [-0.05, 0) is 55.5 Å². The van der Waals surface area contributed by atoms with Crippen LogP contribution >= 0.6 is 0 Å². The SMILES string of the molecule is Cc1ccc(-n2nc3c(c2C(=O)NCCS(N)(=O)=O)C(=O)N[C@@]2(CCC4C=C(OCC(F)(F)F)C=CC42C)C3)cc1F. The molecule has 5 rings (SSSR count). The van der Waals surface area contributed by atoms with Crippen LogP contribution in [0.25, 0.3) is 5.69 Å². The van der Waals surface area contributed by atoms with Gasteiger partial charge in [-0.3, -0.25) is 9.59 Å². The number of hydrogen-bond acceptors (Lipinski definition) is 6. The molecule has 1 saturated carbocycles. The fourth-order valence-corrected chi connectivity index (χ4v) is 6.43. The van der Waals surface area contributed by atoms with Gasteiger partial charge in [-0.25, -0.2) is 22.6 Å². The summed E-state index contributed by atoms with van der Waals surface area (Å²) in [7, 11) is -3.88. The number of rotatable bonds is 7. The van der Waals surface area contributed by atoms with Gasteiger partial charge in [-0.1, -0.05) is 19.1 Å². The number of benzene rings is 1. The van der Waals surface area contributed by atoms with Gasteiger partial charge in [-0.15, -0.1) is 0 Å². The Balaban J connectivity index is 1.51. The average molecular weight is 612 g/mol. The maximum absolute atomic E-state index is 14.5. The summed E-state index contributed by atoms with van der Waals surface area (Å²) < 4.78 is 81.4. The van der Waals surface area contributed by atoms with Gasteiger partial charge >= 0.3 is 6.18 Å². The Labute approximate surface area is 239 Å². The second-order valence-corrected chi connectivity index (χ2v) is 12.8. The van der Waals surface area contributed by atoms with Crippen molar-refractivity contribution in [2.24, 2.45) is 16.5 Å². The number of hydrogen-bond donors (Lipinski definition) is 3. The third-order valence-electron chi connectivity index (χ3n) is 8.34. The van der Waals surface area contributed by atoms with Crippen LogP contribution in [0.2, 0.25) is 0 Å². The fraction of sp³-hybridized carbons (Fsp3) is 0.444. The summed E-state index contributed by atoms with van der Waals surface area (Å²) in [5, 5.41) is 15.1. The Morgan fingerprint density at radius 3 is 2.74 bits per heavy atom. The van der Waals surface area contributed by atoms with Crippen LogP contribution in [0.5, 0.6) is 0 Å². The summed E-state index contributed by atoms with van der Waals surface area (Å²) in [5.74, 6) is -2.67. The zero-order valence-corrected chi connectivity index (χ0v) is 23.5. The Hall–Kier alpha value is -3.72. The second kappa shape index (κ2) is 10.2. The van der Waals surface area contributed by atoms with E-state index in [1.54, 1.807) is 19.1 Å². The summed E-state index contributed by atoms with van der Waals surface area (Å²) in [6.07, 6.45) is 1.55. The zero-order valence-electron chi connectivity index (χ0n) is 22.7. The molecular weight excluding hydrogens is 582 g/mol. The number of nitrogens with one attached hydrogen (secondary N) is 2. The Morgan fingerprint density at radius 2 is 2.07 bits per heavy atom. The number of allylic oxidation sites excluding steroid dienone is 2. The monoisotopic (exact) mass is 611 g/mol. The molecule has 42 heavy (non-hydrogen) atoms. The maximum atomic E-state index is 14.5. The molecule has 3 atom stereocenters. The molecule has 2 amide bonds. The minimum absolute atomic E-state index is 0.0358. The topological polar surface area (TPSA) is 145 Å². The van der Waals surface area contributed by atoms with Crippen LogP contribution in [0.3, 0.4) is 0 Å². The van der Waals surface area contributed by atoms with Crippen LogP contribution in [-0.2, 0) is 21.2 Å². The van der Waals surface area contributed by atoms with Gasteiger partial charge in [0.15, 0.2) is 6.61 Å². The lowest BCUT2D eigenvalue weighted by Gasteiger charge is -2.47. The highest BCUT2D eigenvalue weighted by Gasteiger charge is 2.59. The van der Waals surface area contributed by atoms with Crippen molar-refractivity contribution in [3.63, 3.8) is 0 Å². The van der Waals surface area contributed by atoms with Crippen LogP contribution in [-0.4, -0.2) is 60.6 Å². The molecule has 0 bridgehead atoms. The minimum atomic E-state index is -4.48. The predicted molar refractivity (Wildman–Crippen MR) is 143 cm³/mol. The van der Waals surface area contributed by atoms with Crippen molar-refractivity contribution < 1.29 is 40.3 Å². The molecule has 2 aromatic rings. The fourth-order valence-electron chi connectivity index (χ4n) is 6.05. The molecule has 4 N–H and O–H groups in total. The van der Waals surface area contributed by atoms with Crippen molar-refractivity contribution in [3.8, 4) is 5.69 Å². The largest absolute Gasteiger partial charge is 0.484 e. The van der Waals surface area contributed by atoms with Crippen molar-refractivity contribution in [3.05, 3.63) is 70.5 Å². The van der Waals surface area contributed by atoms with Crippen LogP contribution in [0.15, 0.2) is 42.2 Å². The van der Waals surface area contributed by atoms with Gasteiger partial charge in [0.05, 0.1) is 28.2 Å². The number of amides is 2. The third-order valence-corrected chi connectivity index (χ3v) is 9.11. The van der Waals surface area contributed by atoms with Crippen molar-refractivity contribution in [2.45, 2.75) is 44.8 Å². The number of aromatic nitrogens is 2. The normalized spacial score (nSPS) is 25.1. The number of nitrogens with two attached hydrogens (primary N) is 1. The van der Waals surface area contributed by atoms with Crippen LogP contribution in [0.1, 0.15) is 51.9 Å². The molecule has 15 heteroatoms. The number of carbonyl (C=O) groups excluding carboxylic acids is 2. The van der Waals surface area contributed by atoms with E-state index in [0.717, 1.165) is 4.68 Å². The van der Waals surface area contributed by atoms with Crippen molar-refractivity contribution in [1.82, 2.24) is 20.4 Å². The third kappa shape index (κ3) is 5.42. The molecule has 10 nitrogen and oxygen atoms in total. The summed E-state index contributed by atoms with van der Waals surface area (Å²) in [6, 6.07) is 4.21. The lowest BCUT2D eigenvalue weighted by molar-refractivity contribution is -0.164. The first-order valence-corrected chi connectivity index (χ1v) is 14.8. The first kappa shape index (κ1) is 29.8. The molecule has 1 aliphatic heterocycles. The van der Waals surface area contributed by atoms with E-state index in [2.05, 4.69) is 15.7 Å². The van der Waals surface area contributed by atoms with Gasteiger partial charge in [0.25, 0.3) is 11.8 Å². The number of aryl methyl sites for hydroxylation is 1. The molecular formula is C27H29F4N5O5S. The molecule has 226 valence electrons. The highest BCUT2D eigenvalue weighted by Crippen LogP contribution is 2.56. The molecule has 3 aliphatic rings. The van der Waals surface area contributed by atoms with E-state index in [1.807, 2.05) is 6.92 Å². The first-order valence-electron chi connectivity index (χ1n) is 13.1. The molecule has 1 aromatic carbocycles. The van der Waals surface area contributed by atoms with Gasteiger partial charge in [-0.2, -0.15) is 18.3 Å². The van der Waals surface area contributed by atoms with E-state index in [4.69, 9.17) is 9.88 Å². The smallest absolute Gasteiger partial charge is 0.422 e. The Morgan fingerprint density at radius 1 is 1.33 bits per heavy atom. The molecule has 1 aromatic heterocycles. The Bertz CT molecular complexity index is 1630.